The first-order valence-corrected chi connectivity index (χ1v) is 6.75. The number of piperidine rings is 1. The number of ether oxygens (including phenoxy) is 1. The molecule has 2 saturated heterocycles. The van der Waals surface area contributed by atoms with Gasteiger partial charge in [0.2, 0.25) is 5.91 Å². The topological polar surface area (TPSA) is 66.8 Å². The van der Waals surface area contributed by atoms with Crippen LogP contribution >= 0.6 is 0 Å². The van der Waals surface area contributed by atoms with Crippen molar-refractivity contribution in [1.82, 2.24) is 4.90 Å². The van der Waals surface area contributed by atoms with Crippen LogP contribution < -0.4 is 0 Å². The minimum Gasteiger partial charge on any atom is -0.481 e. The zero-order valence-corrected chi connectivity index (χ0v) is 10.6. The molecule has 0 aromatic carbocycles. The Morgan fingerprint density at radius 1 is 1.22 bits per heavy atom. The lowest BCUT2D eigenvalue weighted by atomic mass is 9.94. The van der Waals surface area contributed by atoms with E-state index in [1.165, 1.54) is 0 Å². The van der Waals surface area contributed by atoms with Gasteiger partial charge in [0.25, 0.3) is 0 Å². The number of carboxylic acid groups (broad SMARTS) is 1. The molecule has 1 N–H and O–H groups in total. The maximum atomic E-state index is 12.1. The Morgan fingerprint density at radius 2 is 1.94 bits per heavy atom. The predicted octanol–water partition coefficient (Wildman–Crippen LogP) is 1.13. The molecule has 2 aliphatic rings. The Bertz CT molecular complexity index is 304. The van der Waals surface area contributed by atoms with E-state index < -0.39 is 5.97 Å². The Labute approximate surface area is 107 Å². The molecule has 2 rings (SSSR count). The molecule has 0 spiro atoms. The molecule has 5 heteroatoms. The Balaban J connectivity index is 1.75. The van der Waals surface area contributed by atoms with Crippen LogP contribution in [0.25, 0.3) is 0 Å². The highest BCUT2D eigenvalue weighted by atomic mass is 16.5. The van der Waals surface area contributed by atoms with Crippen LogP contribution in [-0.2, 0) is 14.3 Å². The van der Waals surface area contributed by atoms with Gasteiger partial charge >= 0.3 is 5.97 Å². The molecule has 0 saturated carbocycles. The molecule has 0 bridgehead atoms. The van der Waals surface area contributed by atoms with Gasteiger partial charge in [-0.05, 0) is 31.6 Å². The highest BCUT2D eigenvalue weighted by molar-refractivity contribution is 5.77. The first-order valence-electron chi connectivity index (χ1n) is 6.75. The summed E-state index contributed by atoms with van der Waals surface area (Å²) in [6, 6.07) is 0. The van der Waals surface area contributed by atoms with Crippen molar-refractivity contribution >= 4 is 11.9 Å². The van der Waals surface area contributed by atoms with Gasteiger partial charge in [-0.2, -0.15) is 0 Å². The van der Waals surface area contributed by atoms with Gasteiger partial charge in [-0.1, -0.05) is 0 Å². The fraction of sp³-hybridized carbons (Fsp3) is 0.846. The molecule has 0 aliphatic carbocycles. The van der Waals surface area contributed by atoms with Gasteiger partial charge in [-0.25, -0.2) is 0 Å². The molecular weight excluding hydrogens is 234 g/mol. The van der Waals surface area contributed by atoms with Gasteiger partial charge in [0, 0.05) is 32.7 Å². The second-order valence-electron chi connectivity index (χ2n) is 5.28. The fourth-order valence-corrected chi connectivity index (χ4v) is 2.72. The van der Waals surface area contributed by atoms with Crippen LogP contribution in [0.4, 0.5) is 0 Å². The minimum absolute atomic E-state index is 0.161. The maximum Gasteiger partial charge on any atom is 0.306 e. The first kappa shape index (κ1) is 13.3. The molecular formula is C13H21NO4. The average molecular weight is 255 g/mol. The summed E-state index contributed by atoms with van der Waals surface area (Å²) in [7, 11) is 0. The quantitative estimate of drug-likeness (QED) is 0.821. The third-order valence-corrected chi connectivity index (χ3v) is 3.91. The normalized spacial score (nSPS) is 26.0. The highest BCUT2D eigenvalue weighted by Crippen LogP contribution is 2.22. The Kier molecular flexibility index (Phi) is 4.58. The Morgan fingerprint density at radius 3 is 2.50 bits per heavy atom. The van der Waals surface area contributed by atoms with E-state index in [1.807, 2.05) is 4.90 Å². The van der Waals surface area contributed by atoms with Crippen molar-refractivity contribution in [2.45, 2.75) is 32.1 Å². The van der Waals surface area contributed by atoms with Crippen LogP contribution in [0.1, 0.15) is 32.1 Å². The average Bonchev–Trinajstić information content (AvgIpc) is 2.40. The van der Waals surface area contributed by atoms with Gasteiger partial charge in [0.1, 0.15) is 0 Å². The van der Waals surface area contributed by atoms with Crippen LogP contribution in [-0.4, -0.2) is 48.2 Å². The molecule has 1 unspecified atom stereocenters. The smallest absolute Gasteiger partial charge is 0.306 e. The van der Waals surface area contributed by atoms with Gasteiger partial charge in [-0.15, -0.1) is 0 Å². The van der Waals surface area contributed by atoms with E-state index >= 15 is 0 Å². The van der Waals surface area contributed by atoms with Crippen molar-refractivity contribution in [3.05, 3.63) is 0 Å². The van der Waals surface area contributed by atoms with Gasteiger partial charge in [-0.3, -0.25) is 9.59 Å². The molecule has 0 aromatic rings. The van der Waals surface area contributed by atoms with E-state index in [0.717, 1.165) is 19.4 Å². The van der Waals surface area contributed by atoms with Crippen molar-refractivity contribution < 1.29 is 19.4 Å². The number of amides is 1. The summed E-state index contributed by atoms with van der Waals surface area (Å²) in [5.74, 6) is -0.493. The summed E-state index contributed by atoms with van der Waals surface area (Å²) in [4.78, 5) is 24.7. The van der Waals surface area contributed by atoms with E-state index in [1.54, 1.807) is 0 Å². The van der Waals surface area contributed by atoms with E-state index in [-0.39, 0.29) is 11.8 Å². The molecule has 102 valence electrons. The molecule has 2 aliphatic heterocycles. The van der Waals surface area contributed by atoms with Crippen LogP contribution in [0.2, 0.25) is 0 Å². The second-order valence-corrected chi connectivity index (χ2v) is 5.28. The molecule has 0 aromatic heterocycles. The highest BCUT2D eigenvalue weighted by Gasteiger charge is 2.28. The number of rotatable bonds is 3. The van der Waals surface area contributed by atoms with Crippen LogP contribution in [0.15, 0.2) is 0 Å². The zero-order valence-electron chi connectivity index (χ0n) is 10.6. The number of carbonyl (C=O) groups excluding carboxylic acids is 1. The summed E-state index contributed by atoms with van der Waals surface area (Å²) in [5, 5.41) is 8.90. The monoisotopic (exact) mass is 255 g/mol. The van der Waals surface area contributed by atoms with Crippen molar-refractivity contribution in [3.63, 3.8) is 0 Å². The number of carboxylic acids is 1. The predicted molar refractivity (Wildman–Crippen MR) is 65.1 cm³/mol. The SMILES string of the molecule is O=C(O)C1CCN(C(=O)CC2CCCOC2)CC1. The number of carbonyl (C=O) groups is 2. The summed E-state index contributed by atoms with van der Waals surface area (Å²) >= 11 is 0. The standard InChI is InChI=1S/C13H21NO4/c15-12(8-10-2-1-7-18-9-10)14-5-3-11(4-6-14)13(16)17/h10-11H,1-9H2,(H,16,17). The van der Waals surface area contributed by atoms with E-state index in [2.05, 4.69) is 0 Å². The van der Waals surface area contributed by atoms with E-state index in [0.29, 0.717) is 44.9 Å². The van der Waals surface area contributed by atoms with E-state index in [4.69, 9.17) is 9.84 Å². The van der Waals surface area contributed by atoms with Gasteiger partial charge < -0.3 is 14.7 Å². The van der Waals surface area contributed by atoms with Gasteiger partial charge in [0.15, 0.2) is 0 Å². The summed E-state index contributed by atoms with van der Waals surface area (Å²) < 4.78 is 5.37. The number of hydrogen-bond donors (Lipinski definition) is 1. The van der Waals surface area contributed by atoms with Crippen molar-refractivity contribution in [2.75, 3.05) is 26.3 Å². The summed E-state index contributed by atoms with van der Waals surface area (Å²) in [6.45, 7) is 2.68. The molecule has 1 amide bonds. The van der Waals surface area contributed by atoms with Crippen molar-refractivity contribution in [1.29, 1.82) is 0 Å². The third-order valence-electron chi connectivity index (χ3n) is 3.91. The molecule has 1 atom stereocenters. The van der Waals surface area contributed by atoms with Gasteiger partial charge in [0.05, 0.1) is 5.92 Å². The summed E-state index contributed by atoms with van der Waals surface area (Å²) in [6.07, 6.45) is 3.83. The summed E-state index contributed by atoms with van der Waals surface area (Å²) in [5.41, 5.74) is 0. The van der Waals surface area contributed by atoms with Crippen molar-refractivity contribution in [2.24, 2.45) is 11.8 Å². The number of hydrogen-bond acceptors (Lipinski definition) is 3. The minimum atomic E-state index is -0.734. The third kappa shape index (κ3) is 3.45. The zero-order chi connectivity index (χ0) is 13.0. The first-order chi connectivity index (χ1) is 8.66. The van der Waals surface area contributed by atoms with Crippen LogP contribution in [0, 0.1) is 11.8 Å². The fourth-order valence-electron chi connectivity index (χ4n) is 2.72. The molecule has 0 radical (unpaired) electrons. The van der Waals surface area contributed by atoms with Crippen molar-refractivity contribution in [3.8, 4) is 0 Å². The lowest BCUT2D eigenvalue weighted by Crippen LogP contribution is -2.41. The second kappa shape index (κ2) is 6.18. The van der Waals surface area contributed by atoms with Crippen LogP contribution in [0.3, 0.4) is 0 Å². The largest absolute Gasteiger partial charge is 0.481 e. The lowest BCUT2D eigenvalue weighted by Gasteiger charge is -2.32. The molecule has 5 nitrogen and oxygen atoms in total. The number of aliphatic carboxylic acids is 1. The van der Waals surface area contributed by atoms with Crippen LogP contribution in [0.5, 0.6) is 0 Å². The maximum absolute atomic E-state index is 12.1. The molecule has 2 heterocycles. The number of nitrogens with zero attached hydrogens (tertiary/aromatic N) is 1. The molecule has 2 fully saturated rings. The lowest BCUT2D eigenvalue weighted by molar-refractivity contribution is -0.146. The number of likely N-dealkylation sites (tertiary alicyclic amines) is 1. The molecule has 18 heavy (non-hydrogen) atoms. The van der Waals surface area contributed by atoms with E-state index in [9.17, 15) is 9.59 Å². The Hall–Kier alpha value is -1.10.